The van der Waals surface area contributed by atoms with Gasteiger partial charge in [0, 0.05) is 54.2 Å². The third kappa shape index (κ3) is 3.67. The lowest BCUT2D eigenvalue weighted by Crippen LogP contribution is -2.39. The fourth-order valence-electron chi connectivity index (χ4n) is 4.62. The van der Waals surface area contributed by atoms with E-state index < -0.39 is 0 Å². The van der Waals surface area contributed by atoms with E-state index >= 15 is 0 Å². The molecule has 0 radical (unpaired) electrons. The van der Waals surface area contributed by atoms with Gasteiger partial charge in [-0.25, -0.2) is 0 Å². The van der Waals surface area contributed by atoms with Gasteiger partial charge in [0.05, 0.1) is 12.2 Å². The van der Waals surface area contributed by atoms with Crippen LogP contribution in [0.1, 0.15) is 26.7 Å². The molecule has 3 aliphatic rings. The Hall–Kier alpha value is -3.21. The molecule has 1 aliphatic carbocycles. The van der Waals surface area contributed by atoms with Crippen molar-refractivity contribution in [1.29, 1.82) is 0 Å². The third-order valence-electron chi connectivity index (χ3n) is 6.12. The van der Waals surface area contributed by atoms with Crippen LogP contribution in [0.2, 0.25) is 0 Å². The summed E-state index contributed by atoms with van der Waals surface area (Å²) >= 11 is 0. The Morgan fingerprint density at radius 2 is 2.07 bits per heavy atom. The zero-order valence-corrected chi connectivity index (χ0v) is 17.6. The number of pyridine rings is 1. The summed E-state index contributed by atoms with van der Waals surface area (Å²) in [4.78, 5) is 6.54. The van der Waals surface area contributed by atoms with E-state index in [4.69, 9.17) is 4.74 Å². The van der Waals surface area contributed by atoms with Gasteiger partial charge in [-0.2, -0.15) is 0 Å². The first kappa shape index (κ1) is 18.8. The lowest BCUT2D eigenvalue weighted by molar-refractivity contribution is 0.213. The first-order valence-electron chi connectivity index (χ1n) is 10.7. The monoisotopic (exact) mass is 400 g/mol. The number of nitrogens with one attached hydrogen (secondary N) is 2. The predicted octanol–water partition coefficient (Wildman–Crippen LogP) is 5.14. The van der Waals surface area contributed by atoms with E-state index in [1.54, 1.807) is 12.4 Å². The minimum Gasteiger partial charge on any atom is -0.487 e. The van der Waals surface area contributed by atoms with Gasteiger partial charge < -0.3 is 20.3 Å². The van der Waals surface area contributed by atoms with Crippen LogP contribution in [0, 0.1) is 5.92 Å². The van der Waals surface area contributed by atoms with Crippen molar-refractivity contribution < 1.29 is 4.74 Å². The molecule has 30 heavy (non-hydrogen) atoms. The lowest BCUT2D eigenvalue weighted by Gasteiger charge is -2.35. The van der Waals surface area contributed by atoms with E-state index in [0.717, 1.165) is 43.1 Å². The number of aromatic nitrogens is 1. The van der Waals surface area contributed by atoms with Gasteiger partial charge in [0.15, 0.2) is 0 Å². The Morgan fingerprint density at radius 3 is 2.93 bits per heavy atom. The van der Waals surface area contributed by atoms with Crippen LogP contribution in [-0.4, -0.2) is 24.2 Å². The molecule has 2 atom stereocenters. The summed E-state index contributed by atoms with van der Waals surface area (Å²) in [5.74, 6) is 1.48. The van der Waals surface area contributed by atoms with Crippen molar-refractivity contribution >= 4 is 17.1 Å². The number of fused-ring (bicyclic) bond motifs is 2. The van der Waals surface area contributed by atoms with Gasteiger partial charge in [0.1, 0.15) is 11.9 Å². The second-order valence-electron chi connectivity index (χ2n) is 8.32. The van der Waals surface area contributed by atoms with Crippen LogP contribution in [0.5, 0.6) is 5.75 Å². The van der Waals surface area contributed by atoms with Crippen LogP contribution in [0.25, 0.3) is 0 Å². The van der Waals surface area contributed by atoms with Gasteiger partial charge in [-0.3, -0.25) is 4.98 Å². The summed E-state index contributed by atoms with van der Waals surface area (Å²) in [6, 6.07) is 10.3. The largest absolute Gasteiger partial charge is 0.487 e. The normalized spacial score (nSPS) is 22.1. The van der Waals surface area contributed by atoms with Gasteiger partial charge in [-0.1, -0.05) is 12.2 Å². The number of allylic oxidation sites excluding steroid dienone is 4. The second kappa shape index (κ2) is 7.90. The maximum Gasteiger partial charge on any atom is 0.145 e. The highest BCUT2D eigenvalue weighted by molar-refractivity contribution is 5.69. The molecule has 2 unspecified atom stereocenters. The summed E-state index contributed by atoms with van der Waals surface area (Å²) < 4.78 is 6.17. The minimum absolute atomic E-state index is 0.166. The summed E-state index contributed by atoms with van der Waals surface area (Å²) in [6.45, 7) is 6.25. The van der Waals surface area contributed by atoms with Crippen molar-refractivity contribution in [3.63, 3.8) is 0 Å². The Morgan fingerprint density at radius 1 is 1.20 bits per heavy atom. The Bertz CT molecular complexity index is 1020. The Labute approximate surface area is 178 Å². The molecule has 2 N–H and O–H groups in total. The molecule has 2 aromatic rings. The van der Waals surface area contributed by atoms with Gasteiger partial charge in [-0.05, 0) is 62.1 Å². The van der Waals surface area contributed by atoms with Gasteiger partial charge in [-0.15, -0.1) is 0 Å². The summed E-state index contributed by atoms with van der Waals surface area (Å²) in [5.41, 5.74) is 7.47. The van der Waals surface area contributed by atoms with Crippen LogP contribution in [0.4, 0.5) is 17.1 Å². The van der Waals surface area contributed by atoms with Gasteiger partial charge >= 0.3 is 0 Å². The summed E-state index contributed by atoms with van der Waals surface area (Å²) in [7, 11) is 0. The van der Waals surface area contributed by atoms with E-state index in [9.17, 15) is 0 Å². The highest BCUT2D eigenvalue weighted by Gasteiger charge is 2.28. The molecule has 1 aromatic heterocycles. The number of hydrogen-bond acceptors (Lipinski definition) is 5. The van der Waals surface area contributed by atoms with Crippen molar-refractivity contribution in [1.82, 2.24) is 10.3 Å². The molecule has 3 heterocycles. The standard InChI is InChI=1S/C25H28N4O/c1-17-4-3-5-22-19(15-27-25(17)22)10-13-29-16-18(2)30-24-14-21(6-7-23(24)29)28-20-8-11-26-12-9-20/h3-4,6-9,11-12,14-15,18,22,27H,5,10,13,16H2,1-2H3,(H,26,28). The molecule has 5 rings (SSSR count). The minimum atomic E-state index is 0.166. The zero-order chi connectivity index (χ0) is 20.5. The van der Waals surface area contributed by atoms with Crippen molar-refractivity contribution in [2.45, 2.75) is 32.8 Å². The Kier molecular flexibility index (Phi) is 4.95. The fourth-order valence-corrected chi connectivity index (χ4v) is 4.62. The zero-order valence-electron chi connectivity index (χ0n) is 17.6. The van der Waals surface area contributed by atoms with Gasteiger partial charge in [0.25, 0.3) is 0 Å². The Balaban J connectivity index is 1.30. The van der Waals surface area contributed by atoms with Crippen LogP contribution >= 0.6 is 0 Å². The molecule has 0 fully saturated rings. The second-order valence-corrected chi connectivity index (χ2v) is 8.32. The average molecular weight is 401 g/mol. The summed E-state index contributed by atoms with van der Waals surface area (Å²) in [6.07, 6.45) is 12.7. The molecule has 0 spiro atoms. The number of anilines is 3. The number of ether oxygens (including phenoxy) is 1. The van der Waals surface area contributed by atoms with E-state index in [2.05, 4.69) is 70.9 Å². The van der Waals surface area contributed by atoms with Crippen molar-refractivity contribution in [3.05, 3.63) is 77.9 Å². The number of benzene rings is 1. The molecule has 2 aliphatic heterocycles. The van der Waals surface area contributed by atoms with E-state index in [1.165, 1.54) is 22.5 Å². The molecule has 0 saturated heterocycles. The molecule has 0 saturated carbocycles. The molecule has 154 valence electrons. The van der Waals surface area contributed by atoms with Crippen molar-refractivity contribution in [3.8, 4) is 5.75 Å². The lowest BCUT2D eigenvalue weighted by atomic mass is 9.87. The molecule has 5 heteroatoms. The first-order valence-corrected chi connectivity index (χ1v) is 10.7. The highest BCUT2D eigenvalue weighted by atomic mass is 16.5. The molecule has 0 bridgehead atoms. The highest BCUT2D eigenvalue weighted by Crippen LogP contribution is 2.39. The quantitative estimate of drug-likeness (QED) is 0.728. The fraction of sp³-hybridized carbons (Fsp3) is 0.320. The average Bonchev–Trinajstić information content (AvgIpc) is 3.17. The van der Waals surface area contributed by atoms with Crippen molar-refractivity contribution in [2.24, 2.45) is 5.92 Å². The van der Waals surface area contributed by atoms with Crippen molar-refractivity contribution in [2.75, 3.05) is 23.3 Å². The SMILES string of the molecule is CC1=C2NC=C(CCN3CC(C)Oc4cc(Nc5ccncc5)ccc43)C2CC=C1. The van der Waals surface area contributed by atoms with E-state index in [1.807, 2.05) is 12.1 Å². The molecule has 5 nitrogen and oxygen atoms in total. The number of nitrogens with zero attached hydrogens (tertiary/aromatic N) is 2. The maximum absolute atomic E-state index is 6.17. The molecular formula is C25H28N4O. The first-order chi connectivity index (χ1) is 14.7. The van der Waals surface area contributed by atoms with Crippen LogP contribution in [0.15, 0.2) is 77.9 Å². The van der Waals surface area contributed by atoms with Crippen LogP contribution < -0.4 is 20.3 Å². The smallest absolute Gasteiger partial charge is 0.145 e. The molecule has 0 amide bonds. The van der Waals surface area contributed by atoms with E-state index in [-0.39, 0.29) is 6.10 Å². The van der Waals surface area contributed by atoms with Crippen LogP contribution in [0.3, 0.4) is 0 Å². The maximum atomic E-state index is 6.17. The topological polar surface area (TPSA) is 49.4 Å². The molecule has 1 aromatic carbocycles. The number of rotatable bonds is 5. The van der Waals surface area contributed by atoms with Gasteiger partial charge in [0.2, 0.25) is 0 Å². The molecular weight excluding hydrogens is 372 g/mol. The van der Waals surface area contributed by atoms with Crippen LogP contribution in [-0.2, 0) is 0 Å². The summed E-state index contributed by atoms with van der Waals surface area (Å²) in [5, 5.41) is 6.94. The number of hydrogen-bond donors (Lipinski definition) is 2. The van der Waals surface area contributed by atoms with E-state index in [0.29, 0.717) is 5.92 Å². The third-order valence-corrected chi connectivity index (χ3v) is 6.12. The predicted molar refractivity (Wildman–Crippen MR) is 122 cm³/mol.